The average Bonchev–Trinajstić information content (AvgIpc) is 2.19. The van der Waals surface area contributed by atoms with Gasteiger partial charge in [-0.25, -0.2) is 4.39 Å². The number of nitrogens with one attached hydrogen (secondary N) is 1. The molecule has 1 aliphatic heterocycles. The summed E-state index contributed by atoms with van der Waals surface area (Å²) in [4.78, 5) is 0. The second-order valence-electron chi connectivity index (χ2n) is 3.67. The number of piperidine rings is 1. The lowest BCUT2D eigenvalue weighted by Crippen LogP contribution is -2.27. The van der Waals surface area contributed by atoms with Crippen molar-refractivity contribution >= 4 is 24.0 Å². The zero-order chi connectivity index (χ0) is 9.97. The molecule has 1 aromatic rings. The van der Waals surface area contributed by atoms with E-state index in [1.165, 1.54) is 18.9 Å². The summed E-state index contributed by atoms with van der Waals surface area (Å²) >= 11 is 5.70. The third kappa shape index (κ3) is 3.07. The number of hydrogen-bond donors (Lipinski definition) is 1. The quantitative estimate of drug-likeness (QED) is 0.801. The highest BCUT2D eigenvalue weighted by atomic mass is 35.5. The normalized spacial score (nSPS) is 20.8. The molecule has 1 saturated heterocycles. The van der Waals surface area contributed by atoms with Gasteiger partial charge in [-0.15, -0.1) is 12.4 Å². The van der Waals surface area contributed by atoms with Crippen LogP contribution in [-0.4, -0.2) is 6.54 Å². The number of hydrogen-bond acceptors (Lipinski definition) is 1. The van der Waals surface area contributed by atoms with Gasteiger partial charge in [0.15, 0.2) is 0 Å². The molecule has 0 radical (unpaired) electrons. The summed E-state index contributed by atoms with van der Waals surface area (Å²) in [5.74, 6) is -0.197. The van der Waals surface area contributed by atoms with Crippen LogP contribution in [0.15, 0.2) is 18.2 Å². The predicted octanol–water partition coefficient (Wildman–Crippen LogP) is 3.72. The van der Waals surface area contributed by atoms with Gasteiger partial charge in [0.2, 0.25) is 0 Å². The Labute approximate surface area is 100 Å². The summed E-state index contributed by atoms with van der Waals surface area (Å²) in [6, 6.07) is 5.07. The largest absolute Gasteiger partial charge is 0.310 e. The van der Waals surface area contributed by atoms with Crippen molar-refractivity contribution in [3.8, 4) is 0 Å². The fraction of sp³-hybridized carbons (Fsp3) is 0.455. The molecule has 0 aliphatic carbocycles. The van der Waals surface area contributed by atoms with Crippen LogP contribution >= 0.6 is 24.0 Å². The van der Waals surface area contributed by atoms with Gasteiger partial charge in [0, 0.05) is 16.6 Å². The van der Waals surface area contributed by atoms with E-state index in [-0.39, 0.29) is 24.3 Å². The van der Waals surface area contributed by atoms with Gasteiger partial charge in [0.05, 0.1) is 0 Å². The van der Waals surface area contributed by atoms with Crippen LogP contribution in [0.3, 0.4) is 0 Å². The van der Waals surface area contributed by atoms with Gasteiger partial charge in [-0.2, -0.15) is 0 Å². The van der Waals surface area contributed by atoms with E-state index in [1.54, 1.807) is 12.1 Å². The molecule has 2 rings (SSSR count). The minimum Gasteiger partial charge on any atom is -0.310 e. The minimum absolute atomic E-state index is 0. The van der Waals surface area contributed by atoms with Crippen molar-refractivity contribution in [2.24, 2.45) is 0 Å². The van der Waals surface area contributed by atoms with Crippen molar-refractivity contribution in [2.45, 2.75) is 25.3 Å². The van der Waals surface area contributed by atoms with Gasteiger partial charge in [0.1, 0.15) is 5.82 Å². The number of halogens is 3. The highest BCUT2D eigenvalue weighted by molar-refractivity contribution is 6.30. The number of rotatable bonds is 1. The zero-order valence-corrected chi connectivity index (χ0v) is 9.87. The second kappa shape index (κ2) is 5.69. The molecule has 0 amide bonds. The van der Waals surface area contributed by atoms with Crippen LogP contribution in [-0.2, 0) is 0 Å². The molecule has 1 nitrogen and oxygen atoms in total. The maximum absolute atomic E-state index is 13.5. The van der Waals surface area contributed by atoms with Gasteiger partial charge in [-0.1, -0.05) is 24.1 Å². The van der Waals surface area contributed by atoms with Crippen molar-refractivity contribution < 1.29 is 4.39 Å². The minimum atomic E-state index is -0.197. The molecule has 0 aromatic heterocycles. The van der Waals surface area contributed by atoms with Gasteiger partial charge >= 0.3 is 0 Å². The van der Waals surface area contributed by atoms with Crippen molar-refractivity contribution in [2.75, 3.05) is 6.54 Å². The molecule has 0 bridgehead atoms. The first kappa shape index (κ1) is 12.8. The van der Waals surface area contributed by atoms with E-state index in [4.69, 9.17) is 11.6 Å². The van der Waals surface area contributed by atoms with Crippen LogP contribution in [0, 0.1) is 5.82 Å². The fourth-order valence-corrected chi connectivity index (χ4v) is 2.06. The van der Waals surface area contributed by atoms with Crippen molar-refractivity contribution in [1.29, 1.82) is 0 Å². The van der Waals surface area contributed by atoms with E-state index < -0.39 is 0 Å². The molecule has 84 valence electrons. The summed E-state index contributed by atoms with van der Waals surface area (Å²) in [6.45, 7) is 0.979. The van der Waals surface area contributed by atoms with Gasteiger partial charge < -0.3 is 5.32 Å². The molecule has 0 saturated carbocycles. The summed E-state index contributed by atoms with van der Waals surface area (Å²) < 4.78 is 13.5. The van der Waals surface area contributed by atoms with Crippen LogP contribution < -0.4 is 5.32 Å². The molecule has 4 heteroatoms. The van der Waals surface area contributed by atoms with Gasteiger partial charge in [-0.3, -0.25) is 0 Å². The molecule has 1 heterocycles. The maximum Gasteiger partial charge on any atom is 0.129 e. The summed E-state index contributed by atoms with van der Waals surface area (Å²) in [7, 11) is 0. The van der Waals surface area contributed by atoms with Gasteiger partial charge in [0.25, 0.3) is 0 Å². The molecule has 1 aromatic carbocycles. The Morgan fingerprint density at radius 3 is 2.73 bits per heavy atom. The SMILES string of the molecule is Cl.Fc1cc(Cl)ccc1[C@@H]1CCCCN1. The monoisotopic (exact) mass is 249 g/mol. The van der Waals surface area contributed by atoms with Crippen molar-refractivity contribution in [1.82, 2.24) is 5.32 Å². The summed E-state index contributed by atoms with van der Waals surface area (Å²) in [5.41, 5.74) is 0.745. The topological polar surface area (TPSA) is 12.0 Å². The lowest BCUT2D eigenvalue weighted by Gasteiger charge is -2.24. The van der Waals surface area contributed by atoms with Crippen LogP contribution in [0.4, 0.5) is 4.39 Å². The van der Waals surface area contributed by atoms with Crippen LogP contribution in [0.5, 0.6) is 0 Å². The standard InChI is InChI=1S/C11H13ClFN.ClH/c12-8-4-5-9(10(13)7-8)11-3-1-2-6-14-11;/h4-5,7,11,14H,1-3,6H2;1H/t11-;/m0./s1. The van der Waals surface area contributed by atoms with E-state index in [0.29, 0.717) is 5.02 Å². The molecule has 1 fully saturated rings. The Bertz CT molecular complexity index is 324. The Balaban J connectivity index is 0.00000112. The van der Waals surface area contributed by atoms with Crippen LogP contribution in [0.25, 0.3) is 0 Å². The smallest absolute Gasteiger partial charge is 0.129 e. The molecule has 1 N–H and O–H groups in total. The van der Waals surface area contributed by atoms with Gasteiger partial charge in [-0.05, 0) is 31.5 Å². The van der Waals surface area contributed by atoms with Crippen molar-refractivity contribution in [3.05, 3.63) is 34.6 Å². The Hall–Kier alpha value is -0.310. The first-order chi connectivity index (χ1) is 6.77. The lowest BCUT2D eigenvalue weighted by atomic mass is 9.97. The Morgan fingerprint density at radius 2 is 2.13 bits per heavy atom. The molecule has 1 atom stereocenters. The molecular formula is C11H14Cl2FN. The molecule has 1 aliphatic rings. The molecular weight excluding hydrogens is 236 g/mol. The predicted molar refractivity (Wildman–Crippen MR) is 63.3 cm³/mol. The van der Waals surface area contributed by atoms with E-state index in [1.807, 2.05) is 0 Å². The van der Waals surface area contributed by atoms with E-state index in [0.717, 1.165) is 18.5 Å². The second-order valence-corrected chi connectivity index (χ2v) is 4.10. The fourth-order valence-electron chi connectivity index (χ4n) is 1.90. The molecule has 0 unspecified atom stereocenters. The third-order valence-electron chi connectivity index (χ3n) is 2.65. The Morgan fingerprint density at radius 1 is 1.33 bits per heavy atom. The summed E-state index contributed by atoms with van der Waals surface area (Å²) in [5, 5.41) is 3.77. The lowest BCUT2D eigenvalue weighted by molar-refractivity contribution is 0.400. The summed E-state index contributed by atoms with van der Waals surface area (Å²) in [6.07, 6.45) is 3.37. The van der Waals surface area contributed by atoms with E-state index in [2.05, 4.69) is 5.32 Å². The van der Waals surface area contributed by atoms with Crippen LogP contribution in [0.2, 0.25) is 5.02 Å². The maximum atomic E-state index is 13.5. The zero-order valence-electron chi connectivity index (χ0n) is 8.30. The number of benzene rings is 1. The van der Waals surface area contributed by atoms with E-state index >= 15 is 0 Å². The van der Waals surface area contributed by atoms with E-state index in [9.17, 15) is 4.39 Å². The highest BCUT2D eigenvalue weighted by Gasteiger charge is 2.17. The molecule has 0 spiro atoms. The average molecular weight is 250 g/mol. The first-order valence-corrected chi connectivity index (χ1v) is 5.33. The van der Waals surface area contributed by atoms with Crippen molar-refractivity contribution in [3.63, 3.8) is 0 Å². The third-order valence-corrected chi connectivity index (χ3v) is 2.88. The Kier molecular flexibility index (Phi) is 4.84. The first-order valence-electron chi connectivity index (χ1n) is 4.96. The molecule has 15 heavy (non-hydrogen) atoms. The highest BCUT2D eigenvalue weighted by Crippen LogP contribution is 2.26. The van der Waals surface area contributed by atoms with Crippen LogP contribution in [0.1, 0.15) is 30.9 Å².